The summed E-state index contributed by atoms with van der Waals surface area (Å²) >= 11 is 1.39. The number of fused-ring (bicyclic) bond motifs is 1. The van der Waals surface area contributed by atoms with Crippen LogP contribution < -0.4 is 10.2 Å². The Morgan fingerprint density at radius 1 is 1.14 bits per heavy atom. The Hall–Kier alpha value is -3.53. The predicted octanol–water partition coefficient (Wildman–Crippen LogP) is 5.70. The molecule has 0 radical (unpaired) electrons. The summed E-state index contributed by atoms with van der Waals surface area (Å²) in [6.07, 6.45) is -2.78. The third-order valence-corrected chi connectivity index (χ3v) is 6.65. The molecule has 1 aromatic heterocycles. The highest BCUT2D eigenvalue weighted by atomic mass is 32.2. The lowest BCUT2D eigenvalue weighted by Crippen LogP contribution is -2.35. The fourth-order valence-corrected chi connectivity index (χ4v) is 4.66. The summed E-state index contributed by atoms with van der Waals surface area (Å²) in [6, 6.07) is 13.3. The number of anilines is 2. The van der Waals surface area contributed by atoms with Crippen LogP contribution in [-0.4, -0.2) is 29.7 Å². The number of amides is 1. The number of hydrogen-bond acceptors (Lipinski definition) is 6. The quantitative estimate of drug-likeness (QED) is 0.437. The molecule has 35 heavy (non-hydrogen) atoms. The molecule has 6 nitrogen and oxygen atoms in total. The molecule has 1 unspecified atom stereocenters. The number of benzene rings is 2. The lowest BCUT2D eigenvalue weighted by atomic mass is 10.1. The molecule has 10 heteroatoms. The molecule has 182 valence electrons. The third-order valence-electron chi connectivity index (χ3n) is 5.62. The molecular formula is C25H22F3N3O3S. The van der Waals surface area contributed by atoms with Gasteiger partial charge in [-0.25, -0.2) is 9.78 Å². The first-order valence-electron chi connectivity index (χ1n) is 10.7. The van der Waals surface area contributed by atoms with E-state index in [9.17, 15) is 22.8 Å². The van der Waals surface area contributed by atoms with Crippen molar-refractivity contribution in [3.63, 3.8) is 0 Å². The van der Waals surface area contributed by atoms with Crippen molar-refractivity contribution in [1.82, 2.24) is 4.98 Å². The summed E-state index contributed by atoms with van der Waals surface area (Å²) in [7, 11) is 1.32. The second-order valence-electron chi connectivity index (χ2n) is 7.95. The topological polar surface area (TPSA) is 71.5 Å². The molecule has 1 aliphatic heterocycles. The summed E-state index contributed by atoms with van der Waals surface area (Å²) in [6.45, 7) is 2.04. The van der Waals surface area contributed by atoms with Crippen LogP contribution in [0.4, 0.5) is 24.7 Å². The molecule has 0 aliphatic carbocycles. The molecule has 0 spiro atoms. The monoisotopic (exact) mass is 501 g/mol. The molecule has 0 saturated heterocycles. The molecular weight excluding hydrogens is 479 g/mol. The van der Waals surface area contributed by atoms with E-state index in [1.165, 1.54) is 31.0 Å². The van der Waals surface area contributed by atoms with Crippen LogP contribution in [0.5, 0.6) is 0 Å². The van der Waals surface area contributed by atoms with Crippen molar-refractivity contribution in [2.75, 3.05) is 23.1 Å². The zero-order valence-electron chi connectivity index (χ0n) is 18.9. The van der Waals surface area contributed by atoms with Crippen molar-refractivity contribution < 1.29 is 27.5 Å². The van der Waals surface area contributed by atoms with Gasteiger partial charge in [0.05, 0.1) is 36.6 Å². The highest BCUT2D eigenvalue weighted by Gasteiger charge is 2.31. The molecule has 4 rings (SSSR count). The van der Waals surface area contributed by atoms with E-state index in [1.54, 1.807) is 35.4 Å². The van der Waals surface area contributed by atoms with Crippen molar-refractivity contribution in [3.8, 4) is 0 Å². The van der Waals surface area contributed by atoms with Crippen LogP contribution in [0.2, 0.25) is 0 Å². The van der Waals surface area contributed by atoms with Crippen LogP contribution in [0, 0.1) is 0 Å². The van der Waals surface area contributed by atoms with Gasteiger partial charge in [0, 0.05) is 11.1 Å². The Kier molecular flexibility index (Phi) is 7.02. The van der Waals surface area contributed by atoms with Crippen molar-refractivity contribution >= 4 is 35.1 Å². The van der Waals surface area contributed by atoms with Gasteiger partial charge in [-0.15, -0.1) is 11.8 Å². The number of esters is 1. The first kappa shape index (κ1) is 24.6. The number of thioether (sulfide) groups is 1. The Bertz CT molecular complexity index is 1230. The van der Waals surface area contributed by atoms with Gasteiger partial charge < -0.3 is 15.0 Å². The summed E-state index contributed by atoms with van der Waals surface area (Å²) in [5, 5.41) is 3.33. The fraction of sp³-hybridized carbons (Fsp3) is 0.240. The lowest BCUT2D eigenvalue weighted by molar-refractivity contribution is -0.137. The molecule has 2 aromatic carbocycles. The number of ether oxygens (including phenoxy) is 1. The van der Waals surface area contributed by atoms with E-state index in [1.807, 2.05) is 13.0 Å². The number of hydrogen-bond donors (Lipinski definition) is 1. The number of nitrogens with one attached hydrogen (secondary N) is 1. The molecule has 0 saturated carbocycles. The van der Waals surface area contributed by atoms with Gasteiger partial charge in [0.15, 0.2) is 5.82 Å². The molecule has 0 fully saturated rings. The molecule has 0 bridgehead atoms. The van der Waals surface area contributed by atoms with Gasteiger partial charge >= 0.3 is 12.1 Å². The van der Waals surface area contributed by atoms with Crippen LogP contribution in [0.3, 0.4) is 0 Å². The van der Waals surface area contributed by atoms with Crippen LogP contribution in [-0.2, 0) is 22.3 Å². The maximum atomic E-state index is 12.9. The molecule has 1 atom stereocenters. The van der Waals surface area contributed by atoms with Gasteiger partial charge in [-0.05, 0) is 48.4 Å². The Morgan fingerprint density at radius 3 is 2.46 bits per heavy atom. The zero-order chi connectivity index (χ0) is 25.2. The number of carbonyl (C=O) groups excluding carboxylic acids is 2. The lowest BCUT2D eigenvalue weighted by Gasteiger charge is -2.31. The van der Waals surface area contributed by atoms with Gasteiger partial charge in [0.2, 0.25) is 5.91 Å². The number of aromatic nitrogens is 1. The minimum Gasteiger partial charge on any atom is -0.465 e. The number of nitrogens with zero attached hydrogens (tertiary/aromatic N) is 2. The first-order valence-corrected chi connectivity index (χ1v) is 11.7. The first-order chi connectivity index (χ1) is 16.7. The predicted molar refractivity (Wildman–Crippen MR) is 127 cm³/mol. The van der Waals surface area contributed by atoms with Gasteiger partial charge in [-0.1, -0.05) is 24.3 Å². The largest absolute Gasteiger partial charge is 0.465 e. The fourth-order valence-electron chi connectivity index (χ4n) is 3.72. The number of pyridine rings is 1. The van der Waals surface area contributed by atoms with Crippen LogP contribution in [0.25, 0.3) is 0 Å². The number of halogens is 3. The van der Waals surface area contributed by atoms with Gasteiger partial charge in [-0.2, -0.15) is 13.2 Å². The smallest absolute Gasteiger partial charge is 0.416 e. The minimum absolute atomic E-state index is 0.118. The minimum atomic E-state index is -4.42. The maximum absolute atomic E-state index is 12.9. The second kappa shape index (κ2) is 9.99. The summed E-state index contributed by atoms with van der Waals surface area (Å²) in [5.74, 6) is 0.125. The Morgan fingerprint density at radius 2 is 1.83 bits per heavy atom. The van der Waals surface area contributed by atoms with Crippen molar-refractivity contribution in [2.45, 2.75) is 30.6 Å². The van der Waals surface area contributed by atoms with E-state index < -0.39 is 17.7 Å². The molecule has 1 amide bonds. The molecule has 1 aliphatic rings. The van der Waals surface area contributed by atoms with Crippen molar-refractivity contribution in [3.05, 3.63) is 83.0 Å². The van der Waals surface area contributed by atoms with Gasteiger partial charge in [0.1, 0.15) is 5.69 Å². The third kappa shape index (κ3) is 5.43. The van der Waals surface area contributed by atoms with Crippen molar-refractivity contribution in [1.29, 1.82) is 0 Å². The Balaban J connectivity index is 1.59. The number of methoxy groups -OCH3 is 1. The van der Waals surface area contributed by atoms with Crippen molar-refractivity contribution in [2.24, 2.45) is 0 Å². The summed E-state index contributed by atoms with van der Waals surface area (Å²) in [4.78, 5) is 31.4. The van der Waals surface area contributed by atoms with E-state index in [0.29, 0.717) is 22.6 Å². The highest BCUT2D eigenvalue weighted by molar-refractivity contribution is 8.00. The van der Waals surface area contributed by atoms with Crippen LogP contribution in [0.15, 0.2) is 65.7 Å². The highest BCUT2D eigenvalue weighted by Crippen LogP contribution is 2.41. The zero-order valence-corrected chi connectivity index (χ0v) is 19.7. The normalized spacial score (nSPS) is 14.3. The van der Waals surface area contributed by atoms with Gasteiger partial charge in [-0.3, -0.25) is 4.79 Å². The Labute approximate surface area is 204 Å². The van der Waals surface area contributed by atoms with E-state index >= 15 is 0 Å². The number of carbonyl (C=O) groups is 2. The maximum Gasteiger partial charge on any atom is 0.416 e. The van der Waals surface area contributed by atoms with Crippen LogP contribution >= 0.6 is 11.8 Å². The summed E-state index contributed by atoms with van der Waals surface area (Å²) in [5.41, 5.74) is 1.75. The number of alkyl halides is 3. The second-order valence-corrected chi connectivity index (χ2v) is 8.97. The van der Waals surface area contributed by atoms with E-state index in [-0.39, 0.29) is 24.2 Å². The standard InChI is InChI=1S/C25H22F3N3O3S/c1-15(17-5-7-18(8-6-17)24(33)34-2)30-23-22-20(11-12-29-23)35-14-21(32)31(22)13-16-3-9-19(10-4-16)25(26,27)28/h3-12,15H,13-14H2,1-2H3,(H,29,30). The molecule has 1 N–H and O–H groups in total. The average Bonchev–Trinajstić information content (AvgIpc) is 2.85. The van der Waals surface area contributed by atoms with E-state index in [4.69, 9.17) is 4.74 Å². The number of rotatable bonds is 6. The van der Waals surface area contributed by atoms with E-state index in [0.717, 1.165) is 22.6 Å². The molecule has 2 heterocycles. The SMILES string of the molecule is COC(=O)c1ccc(C(C)Nc2nccc3c2N(Cc2ccc(C(F)(F)F)cc2)C(=O)CS3)cc1. The summed E-state index contributed by atoms with van der Waals surface area (Å²) < 4.78 is 43.5. The average molecular weight is 502 g/mol. The van der Waals surface area contributed by atoms with Crippen LogP contribution in [0.1, 0.15) is 40.0 Å². The van der Waals surface area contributed by atoms with E-state index in [2.05, 4.69) is 10.3 Å². The molecule has 3 aromatic rings. The van der Waals surface area contributed by atoms with Gasteiger partial charge in [0.25, 0.3) is 0 Å².